The fourth-order valence-corrected chi connectivity index (χ4v) is 1.80. The summed E-state index contributed by atoms with van der Waals surface area (Å²) in [6.07, 6.45) is -4.75. The number of nitrogens with one attached hydrogen (secondary N) is 1. The highest BCUT2D eigenvalue weighted by molar-refractivity contribution is 6.32. The van der Waals surface area contributed by atoms with E-state index in [4.69, 9.17) is 16.3 Å². The highest BCUT2D eigenvalue weighted by Gasteiger charge is 2.34. The van der Waals surface area contributed by atoms with Gasteiger partial charge in [-0.3, -0.25) is 0 Å². The maximum atomic E-state index is 12.0. The van der Waals surface area contributed by atoms with E-state index >= 15 is 0 Å². The van der Waals surface area contributed by atoms with Gasteiger partial charge in [0.05, 0.1) is 5.02 Å². The van der Waals surface area contributed by atoms with Gasteiger partial charge in [-0.05, 0) is 19.1 Å². The molecule has 3 nitrogen and oxygen atoms in total. The molecule has 0 unspecified atom stereocenters. The zero-order chi connectivity index (χ0) is 13.4. The highest BCUT2D eigenvalue weighted by Crippen LogP contribution is 2.34. The molecule has 1 fully saturated rings. The summed E-state index contributed by atoms with van der Waals surface area (Å²) >= 11 is 5.70. The summed E-state index contributed by atoms with van der Waals surface area (Å²) in [5.41, 5.74) is -0.338. The number of hydrogen-bond acceptors (Lipinski definition) is 3. The molecular weight excluding hydrogens is 271 g/mol. The van der Waals surface area contributed by atoms with Crippen molar-refractivity contribution in [1.82, 2.24) is 5.32 Å². The average molecular weight is 282 g/mol. The summed E-state index contributed by atoms with van der Waals surface area (Å²) in [7, 11) is 0. The molecule has 0 saturated carbocycles. The first kappa shape index (κ1) is 13.3. The Morgan fingerprint density at radius 1 is 1.33 bits per heavy atom. The summed E-state index contributed by atoms with van der Waals surface area (Å²) in [6.45, 7) is 3.27. The van der Waals surface area contributed by atoms with E-state index in [0.717, 1.165) is 6.07 Å². The molecule has 18 heavy (non-hydrogen) atoms. The second-order valence-corrected chi connectivity index (χ2v) is 4.70. The third kappa shape index (κ3) is 3.20. The van der Waals surface area contributed by atoms with E-state index in [9.17, 15) is 13.2 Å². The Hall–Kier alpha value is -1.14. The molecule has 1 heterocycles. The highest BCUT2D eigenvalue weighted by atomic mass is 35.5. The van der Waals surface area contributed by atoms with Gasteiger partial charge in [-0.1, -0.05) is 11.6 Å². The summed E-state index contributed by atoms with van der Waals surface area (Å²) < 4.78 is 45.5. The van der Waals surface area contributed by atoms with Crippen LogP contribution >= 0.6 is 11.6 Å². The summed E-state index contributed by atoms with van der Waals surface area (Å²) in [5, 5.41) is 2.91. The van der Waals surface area contributed by atoms with Crippen molar-refractivity contribution in [3.05, 3.63) is 23.2 Å². The van der Waals surface area contributed by atoms with Crippen LogP contribution in [-0.4, -0.2) is 25.1 Å². The first-order valence-corrected chi connectivity index (χ1v) is 5.60. The van der Waals surface area contributed by atoms with Gasteiger partial charge in [0.2, 0.25) is 0 Å². The molecule has 0 atom stereocenters. The monoisotopic (exact) mass is 281 g/mol. The molecule has 1 saturated heterocycles. The van der Waals surface area contributed by atoms with Crippen molar-refractivity contribution in [1.29, 1.82) is 0 Å². The van der Waals surface area contributed by atoms with Crippen LogP contribution in [0, 0.1) is 0 Å². The smallest absolute Gasteiger partial charge is 0.485 e. The summed E-state index contributed by atoms with van der Waals surface area (Å²) in [4.78, 5) is 0. The molecule has 2 rings (SSSR count). The van der Waals surface area contributed by atoms with E-state index in [0.29, 0.717) is 18.8 Å². The van der Waals surface area contributed by atoms with Gasteiger partial charge in [0.15, 0.2) is 0 Å². The average Bonchev–Trinajstić information content (AvgIpc) is 2.18. The zero-order valence-electron chi connectivity index (χ0n) is 9.47. The topological polar surface area (TPSA) is 30.5 Å². The molecule has 7 heteroatoms. The lowest BCUT2D eigenvalue weighted by Crippen LogP contribution is -2.61. The van der Waals surface area contributed by atoms with Crippen molar-refractivity contribution in [3.8, 4) is 11.5 Å². The molecule has 100 valence electrons. The molecular formula is C11H11ClF3NO2. The molecule has 1 aliphatic heterocycles. The van der Waals surface area contributed by atoms with Crippen molar-refractivity contribution >= 4 is 11.6 Å². The molecule has 0 bridgehead atoms. The van der Waals surface area contributed by atoms with E-state index in [1.54, 1.807) is 0 Å². The van der Waals surface area contributed by atoms with Crippen LogP contribution in [0.5, 0.6) is 11.5 Å². The predicted octanol–water partition coefficient (Wildman–Crippen LogP) is 2.98. The third-order valence-corrected chi connectivity index (χ3v) is 2.79. The van der Waals surface area contributed by atoms with Crippen molar-refractivity contribution in [2.75, 3.05) is 13.1 Å². The molecule has 0 amide bonds. The van der Waals surface area contributed by atoms with Crippen LogP contribution in [-0.2, 0) is 0 Å². The van der Waals surface area contributed by atoms with E-state index < -0.39 is 12.1 Å². The lowest BCUT2D eigenvalue weighted by Gasteiger charge is -2.39. The van der Waals surface area contributed by atoms with Crippen LogP contribution < -0.4 is 14.8 Å². The molecule has 1 N–H and O–H groups in total. The molecule has 0 spiro atoms. The number of rotatable bonds is 3. The van der Waals surface area contributed by atoms with Gasteiger partial charge in [0.25, 0.3) is 0 Å². The van der Waals surface area contributed by atoms with E-state index in [1.807, 2.05) is 6.92 Å². The Bertz CT molecular complexity index is 446. The maximum absolute atomic E-state index is 12.0. The second-order valence-electron chi connectivity index (χ2n) is 4.30. The standard InChI is InChI=1S/C11H11ClF3NO2/c1-10(5-16-6-10)17-7-2-3-9(8(12)4-7)18-11(13,14)15/h2-4,16H,5-6H2,1H3. The van der Waals surface area contributed by atoms with Crippen LogP contribution in [0.2, 0.25) is 5.02 Å². The SMILES string of the molecule is CC1(Oc2ccc(OC(F)(F)F)c(Cl)c2)CNC1. The lowest BCUT2D eigenvalue weighted by molar-refractivity contribution is -0.274. The van der Waals surface area contributed by atoms with Crippen LogP contribution in [0.25, 0.3) is 0 Å². The Morgan fingerprint density at radius 3 is 2.44 bits per heavy atom. The van der Waals surface area contributed by atoms with Crippen molar-refractivity contribution in [3.63, 3.8) is 0 Å². The molecule has 0 aromatic heterocycles. The lowest BCUT2D eigenvalue weighted by atomic mass is 10.00. The minimum Gasteiger partial charge on any atom is -0.485 e. The van der Waals surface area contributed by atoms with E-state index in [2.05, 4.69) is 10.1 Å². The number of hydrogen-bond donors (Lipinski definition) is 1. The molecule has 0 aliphatic carbocycles. The quantitative estimate of drug-likeness (QED) is 0.924. The van der Waals surface area contributed by atoms with Gasteiger partial charge in [-0.15, -0.1) is 13.2 Å². The second kappa shape index (κ2) is 4.51. The van der Waals surface area contributed by atoms with Crippen LogP contribution in [0.4, 0.5) is 13.2 Å². The predicted molar refractivity (Wildman–Crippen MR) is 60.0 cm³/mol. The van der Waals surface area contributed by atoms with Crippen LogP contribution in [0.1, 0.15) is 6.92 Å². The third-order valence-electron chi connectivity index (χ3n) is 2.49. The minimum absolute atomic E-state index is 0.138. The maximum Gasteiger partial charge on any atom is 0.573 e. The number of ether oxygens (including phenoxy) is 2. The van der Waals surface area contributed by atoms with Crippen molar-refractivity contribution in [2.45, 2.75) is 18.9 Å². The van der Waals surface area contributed by atoms with Crippen LogP contribution in [0.3, 0.4) is 0 Å². The van der Waals surface area contributed by atoms with E-state index in [-0.39, 0.29) is 10.6 Å². The van der Waals surface area contributed by atoms with Gasteiger partial charge in [-0.2, -0.15) is 0 Å². The first-order valence-electron chi connectivity index (χ1n) is 5.22. The van der Waals surface area contributed by atoms with E-state index in [1.165, 1.54) is 12.1 Å². The number of halogens is 4. The molecule has 1 aromatic rings. The van der Waals surface area contributed by atoms with Gasteiger partial charge in [0.1, 0.15) is 17.1 Å². The van der Waals surface area contributed by atoms with Gasteiger partial charge < -0.3 is 14.8 Å². The molecule has 1 aliphatic rings. The van der Waals surface area contributed by atoms with Gasteiger partial charge >= 0.3 is 6.36 Å². The Labute approximate surface area is 107 Å². The normalized spacial score (nSPS) is 18.1. The number of alkyl halides is 3. The van der Waals surface area contributed by atoms with Crippen molar-refractivity contribution in [2.24, 2.45) is 0 Å². The van der Waals surface area contributed by atoms with Gasteiger partial charge in [0, 0.05) is 19.2 Å². The Balaban J connectivity index is 2.09. The summed E-state index contributed by atoms with van der Waals surface area (Å²) in [5.74, 6) is -0.0214. The molecule has 0 radical (unpaired) electrons. The Kier molecular flexibility index (Phi) is 3.33. The largest absolute Gasteiger partial charge is 0.573 e. The summed E-state index contributed by atoms with van der Waals surface area (Å²) in [6, 6.07) is 3.85. The zero-order valence-corrected chi connectivity index (χ0v) is 10.2. The first-order chi connectivity index (χ1) is 8.27. The Morgan fingerprint density at radius 2 is 2.00 bits per heavy atom. The fourth-order valence-electron chi connectivity index (χ4n) is 1.59. The minimum atomic E-state index is -4.75. The fraction of sp³-hybridized carbons (Fsp3) is 0.455. The van der Waals surface area contributed by atoms with Crippen molar-refractivity contribution < 1.29 is 22.6 Å². The van der Waals surface area contributed by atoms with Crippen LogP contribution in [0.15, 0.2) is 18.2 Å². The molecule has 1 aromatic carbocycles. The van der Waals surface area contributed by atoms with Gasteiger partial charge in [-0.25, -0.2) is 0 Å². The number of benzene rings is 1.